The number of rotatable bonds is 11. The van der Waals surface area contributed by atoms with Crippen LogP contribution in [0.1, 0.15) is 44.7 Å². The third-order valence-electron chi connectivity index (χ3n) is 12.6. The van der Waals surface area contributed by atoms with Crippen molar-refractivity contribution in [3.63, 3.8) is 0 Å². The molecular weight excluding hydrogens is 820 g/mol. The quantitative estimate of drug-likeness (QED) is 0.160. The van der Waals surface area contributed by atoms with Crippen LogP contribution < -0.4 is 30.9 Å². The monoisotopic (exact) mass is 864 g/mol. The molecule has 3 aromatic heterocycles. The smallest absolute Gasteiger partial charge is 0.255 e. The Labute approximate surface area is 367 Å². The van der Waals surface area contributed by atoms with E-state index < -0.39 is 23.7 Å². The van der Waals surface area contributed by atoms with Gasteiger partial charge in [0.2, 0.25) is 11.8 Å². The Kier molecular flexibility index (Phi) is 10.6. The van der Waals surface area contributed by atoms with Crippen LogP contribution in [-0.2, 0) is 22.7 Å². The molecule has 326 valence electrons. The van der Waals surface area contributed by atoms with Gasteiger partial charge in [-0.2, -0.15) is 5.10 Å². The van der Waals surface area contributed by atoms with E-state index in [1.807, 2.05) is 48.5 Å². The molecule has 1 atom stereocenters. The molecule has 10 rings (SSSR count). The SMILES string of the molecule is COc1ccc(F)cc1C(=O)NCc1ccc(-c2nn(-c3ccc(N4CC(CN5CCN(c6ccc7c(c6)CN([C@H]6CCC(=O)NC6=O)C7=O)CC5)C4)nc3)c3ncnc(N)c23)cc1. The summed E-state index contributed by atoms with van der Waals surface area (Å²) in [6.45, 7) is 7.04. The van der Waals surface area contributed by atoms with Crippen LogP contribution in [0.4, 0.5) is 21.7 Å². The lowest BCUT2D eigenvalue weighted by atomic mass is 9.99. The molecule has 3 saturated heterocycles. The number of piperazine rings is 1. The summed E-state index contributed by atoms with van der Waals surface area (Å²) in [5.41, 5.74) is 12.6. The average molecular weight is 865 g/mol. The average Bonchev–Trinajstić information content (AvgIpc) is 3.85. The summed E-state index contributed by atoms with van der Waals surface area (Å²) in [5, 5.41) is 10.7. The second-order valence-corrected chi connectivity index (χ2v) is 16.6. The van der Waals surface area contributed by atoms with Gasteiger partial charge in [0.15, 0.2) is 5.65 Å². The summed E-state index contributed by atoms with van der Waals surface area (Å²) in [5.74, 6) is 0.174. The number of amides is 4. The number of methoxy groups -OCH3 is 1. The molecule has 0 spiro atoms. The molecule has 64 heavy (non-hydrogen) atoms. The number of nitrogen functional groups attached to an aromatic ring is 1. The molecule has 17 nitrogen and oxygen atoms in total. The van der Waals surface area contributed by atoms with Crippen molar-refractivity contribution in [2.45, 2.75) is 32.0 Å². The molecule has 0 radical (unpaired) electrons. The summed E-state index contributed by atoms with van der Waals surface area (Å²) in [6.07, 6.45) is 3.79. The van der Waals surface area contributed by atoms with Gasteiger partial charge in [0, 0.05) is 88.1 Å². The first-order chi connectivity index (χ1) is 31.1. The molecule has 0 saturated carbocycles. The number of hydrogen-bond acceptors (Lipinski definition) is 13. The van der Waals surface area contributed by atoms with Crippen molar-refractivity contribution in [2.24, 2.45) is 5.92 Å². The van der Waals surface area contributed by atoms with Crippen molar-refractivity contribution in [1.29, 1.82) is 0 Å². The third kappa shape index (κ3) is 7.69. The van der Waals surface area contributed by atoms with Crippen molar-refractivity contribution < 1.29 is 28.3 Å². The first-order valence-corrected chi connectivity index (χ1v) is 21.3. The number of fused-ring (bicyclic) bond motifs is 2. The number of piperidine rings is 1. The van der Waals surface area contributed by atoms with E-state index in [1.165, 1.54) is 25.6 Å². The molecule has 0 bridgehead atoms. The predicted molar refractivity (Wildman–Crippen MR) is 235 cm³/mol. The Morgan fingerprint density at radius 3 is 2.47 bits per heavy atom. The fourth-order valence-electron chi connectivity index (χ4n) is 9.15. The molecule has 6 aromatic rings. The van der Waals surface area contributed by atoms with Gasteiger partial charge in [0.1, 0.15) is 41.3 Å². The minimum absolute atomic E-state index is 0.116. The van der Waals surface area contributed by atoms with Crippen LogP contribution in [0.25, 0.3) is 28.0 Å². The maximum Gasteiger partial charge on any atom is 0.255 e. The zero-order valence-corrected chi connectivity index (χ0v) is 35.0. The van der Waals surface area contributed by atoms with Crippen molar-refractivity contribution in [2.75, 3.05) is 68.5 Å². The van der Waals surface area contributed by atoms with Crippen LogP contribution >= 0.6 is 0 Å². The summed E-state index contributed by atoms with van der Waals surface area (Å²) >= 11 is 0. The number of carbonyl (C=O) groups excluding carboxylic acids is 4. The number of halogens is 1. The first-order valence-electron chi connectivity index (χ1n) is 21.3. The Morgan fingerprint density at radius 2 is 1.72 bits per heavy atom. The number of nitrogens with one attached hydrogen (secondary N) is 2. The minimum atomic E-state index is -0.619. The molecule has 7 heterocycles. The van der Waals surface area contributed by atoms with Gasteiger partial charge in [0.25, 0.3) is 11.8 Å². The van der Waals surface area contributed by atoms with E-state index in [4.69, 9.17) is 20.6 Å². The second-order valence-electron chi connectivity index (χ2n) is 16.6. The lowest BCUT2D eigenvalue weighted by Gasteiger charge is -2.44. The number of anilines is 3. The summed E-state index contributed by atoms with van der Waals surface area (Å²) in [6, 6.07) is 20.7. The maximum atomic E-state index is 13.8. The van der Waals surface area contributed by atoms with Crippen molar-refractivity contribution in [3.05, 3.63) is 113 Å². The number of pyridine rings is 1. The number of nitrogens with two attached hydrogens (primary N) is 1. The van der Waals surface area contributed by atoms with E-state index in [0.717, 1.165) is 85.8 Å². The lowest BCUT2D eigenvalue weighted by molar-refractivity contribution is -0.136. The predicted octanol–water partition coefficient (Wildman–Crippen LogP) is 3.56. The number of benzene rings is 3. The van der Waals surface area contributed by atoms with Gasteiger partial charge < -0.3 is 30.5 Å². The van der Waals surface area contributed by atoms with Crippen LogP contribution in [0.15, 0.2) is 85.3 Å². The normalized spacial score (nSPS) is 18.0. The van der Waals surface area contributed by atoms with Gasteiger partial charge in [-0.1, -0.05) is 24.3 Å². The number of imide groups is 1. The fraction of sp³-hybridized carbons (Fsp3) is 0.304. The zero-order valence-electron chi connectivity index (χ0n) is 35.0. The van der Waals surface area contributed by atoms with E-state index >= 15 is 0 Å². The number of aromatic nitrogens is 5. The number of carbonyl (C=O) groups is 4. The van der Waals surface area contributed by atoms with Gasteiger partial charge in [-0.15, -0.1) is 0 Å². The third-order valence-corrected chi connectivity index (χ3v) is 12.6. The summed E-state index contributed by atoms with van der Waals surface area (Å²) in [4.78, 5) is 72.4. The number of nitrogens with zero attached hydrogens (tertiary/aromatic N) is 9. The highest BCUT2D eigenvalue weighted by Gasteiger charge is 2.39. The van der Waals surface area contributed by atoms with Crippen LogP contribution in [0, 0.1) is 11.7 Å². The Morgan fingerprint density at radius 1 is 0.922 bits per heavy atom. The van der Waals surface area contributed by atoms with Crippen LogP contribution in [-0.4, -0.2) is 117 Å². The van der Waals surface area contributed by atoms with E-state index in [2.05, 4.69) is 41.4 Å². The molecule has 0 aliphatic carbocycles. The molecule has 4 aliphatic heterocycles. The van der Waals surface area contributed by atoms with Gasteiger partial charge in [-0.3, -0.25) is 29.4 Å². The lowest BCUT2D eigenvalue weighted by Crippen LogP contribution is -2.55. The maximum absolute atomic E-state index is 13.8. The standard InChI is InChI=1S/C46H45FN12O5/c1-64-37-11-6-31(47)19-35(37)44(61)50-20-27-2-4-29(5-3-27)41-40-42(48)51-26-52-43(40)59(54-41)33-8-12-38(49-21-33)57-23-28(24-57)22-55-14-16-56(17-15-55)32-7-9-34-30(18-32)25-58(46(34)63)36-10-13-39(60)53-45(36)62/h2-9,11-12,18-19,21,26,28,36H,10,13-17,20,22-25H2,1H3,(H,50,61)(H2,48,51,52)(H,53,60,62)/t36-/m0/s1. The summed E-state index contributed by atoms with van der Waals surface area (Å²) in [7, 11) is 1.43. The Hall–Kier alpha value is -7.47. The van der Waals surface area contributed by atoms with Crippen molar-refractivity contribution in [3.8, 4) is 22.7 Å². The second kappa shape index (κ2) is 16.7. The molecule has 0 unspecified atom stereocenters. The number of hydrogen-bond donors (Lipinski definition) is 3. The highest BCUT2D eigenvalue weighted by atomic mass is 19.1. The molecule has 4 aliphatic rings. The van der Waals surface area contributed by atoms with E-state index in [1.54, 1.807) is 15.8 Å². The molecule has 4 N–H and O–H groups in total. The first kappa shape index (κ1) is 40.6. The molecule has 3 aromatic carbocycles. The Balaban J connectivity index is 0.732. The minimum Gasteiger partial charge on any atom is -0.496 e. The highest BCUT2D eigenvalue weighted by Crippen LogP contribution is 2.34. The van der Waals surface area contributed by atoms with Crippen molar-refractivity contribution in [1.82, 2.24) is 45.2 Å². The fourth-order valence-corrected chi connectivity index (χ4v) is 9.15. The van der Waals surface area contributed by atoms with Gasteiger partial charge in [-0.05, 0) is 66.1 Å². The van der Waals surface area contributed by atoms with Crippen LogP contribution in [0.5, 0.6) is 5.75 Å². The van der Waals surface area contributed by atoms with Crippen LogP contribution in [0.2, 0.25) is 0 Å². The topological polar surface area (TPSA) is 197 Å². The Bertz CT molecular complexity index is 2800. The van der Waals surface area contributed by atoms with E-state index in [9.17, 15) is 23.6 Å². The highest BCUT2D eigenvalue weighted by molar-refractivity contribution is 6.05. The molecule has 4 amide bonds. The summed E-state index contributed by atoms with van der Waals surface area (Å²) < 4.78 is 20.8. The van der Waals surface area contributed by atoms with Gasteiger partial charge in [-0.25, -0.2) is 24.0 Å². The van der Waals surface area contributed by atoms with E-state index in [0.29, 0.717) is 47.0 Å². The zero-order chi connectivity index (χ0) is 44.1. The van der Waals surface area contributed by atoms with Crippen molar-refractivity contribution >= 4 is 52.0 Å². The van der Waals surface area contributed by atoms with Gasteiger partial charge >= 0.3 is 0 Å². The number of ether oxygens (including phenoxy) is 1. The largest absolute Gasteiger partial charge is 0.496 e. The van der Waals surface area contributed by atoms with Gasteiger partial charge in [0.05, 0.1) is 29.9 Å². The van der Waals surface area contributed by atoms with E-state index in [-0.39, 0.29) is 36.1 Å². The molecule has 18 heteroatoms. The molecule has 3 fully saturated rings. The molecular formula is C46H45FN12O5. The van der Waals surface area contributed by atoms with Crippen LogP contribution in [0.3, 0.4) is 0 Å².